The van der Waals surface area contributed by atoms with Crippen LogP contribution in [-0.4, -0.2) is 4.98 Å². The Morgan fingerprint density at radius 3 is 2.87 bits per heavy atom. The Morgan fingerprint density at radius 1 is 1.40 bits per heavy atom. The molecule has 2 aromatic rings. The summed E-state index contributed by atoms with van der Waals surface area (Å²) in [5.74, 6) is 0.901. The second kappa shape index (κ2) is 4.72. The number of hydrogen-bond donors (Lipinski definition) is 0. The summed E-state index contributed by atoms with van der Waals surface area (Å²) in [6.07, 6.45) is 1.55. The van der Waals surface area contributed by atoms with Gasteiger partial charge in [0.25, 0.3) is 0 Å². The highest BCUT2D eigenvalue weighted by Gasteiger charge is 2.10. The van der Waals surface area contributed by atoms with Gasteiger partial charge in [-0.05, 0) is 40.8 Å². The van der Waals surface area contributed by atoms with Gasteiger partial charge in [0.15, 0.2) is 0 Å². The molecule has 0 aliphatic carbocycles. The van der Waals surface area contributed by atoms with E-state index in [2.05, 4.69) is 27.6 Å². The highest BCUT2D eigenvalue weighted by molar-refractivity contribution is 14.1. The molecule has 78 valence electrons. The fourth-order valence-electron chi connectivity index (χ4n) is 1.15. The highest BCUT2D eigenvalue weighted by Crippen LogP contribution is 2.27. The van der Waals surface area contributed by atoms with E-state index in [0.29, 0.717) is 16.8 Å². The molecule has 0 unspecified atom stereocenters. The third kappa shape index (κ3) is 2.46. The minimum atomic E-state index is 0.348. The monoisotopic (exact) mass is 353 g/mol. The molecule has 0 fully saturated rings. The van der Waals surface area contributed by atoms with E-state index < -0.39 is 0 Å². The smallest absolute Gasteiger partial charge is 0.227 e. The van der Waals surface area contributed by atoms with Gasteiger partial charge in [-0.2, -0.15) is 0 Å². The van der Waals surface area contributed by atoms with E-state index in [0.717, 1.165) is 14.8 Å². The first-order valence-electron chi connectivity index (χ1n) is 4.16. The molecule has 0 amide bonds. The molecule has 0 radical (unpaired) electrons. The van der Waals surface area contributed by atoms with Gasteiger partial charge in [0, 0.05) is 8.59 Å². The Kier molecular flexibility index (Phi) is 3.53. The van der Waals surface area contributed by atoms with Crippen LogP contribution in [0.25, 0.3) is 11.5 Å². The third-order valence-electron chi connectivity index (χ3n) is 1.85. The van der Waals surface area contributed by atoms with Crippen molar-refractivity contribution in [2.24, 2.45) is 0 Å². The summed E-state index contributed by atoms with van der Waals surface area (Å²) in [6, 6.07) is 5.58. The van der Waals surface area contributed by atoms with Crippen LogP contribution in [0.2, 0.25) is 5.02 Å². The van der Waals surface area contributed by atoms with Crippen molar-refractivity contribution < 1.29 is 4.42 Å². The summed E-state index contributed by atoms with van der Waals surface area (Å²) in [5, 5.41) is 0.663. The molecular formula is C10H6Cl2INO. The maximum absolute atomic E-state index is 5.91. The lowest BCUT2D eigenvalue weighted by molar-refractivity contribution is 0.573. The maximum Gasteiger partial charge on any atom is 0.227 e. The Hall–Kier alpha value is -0.260. The maximum atomic E-state index is 5.91. The van der Waals surface area contributed by atoms with Gasteiger partial charge in [0.05, 0.1) is 17.1 Å². The van der Waals surface area contributed by atoms with E-state index in [4.69, 9.17) is 27.6 Å². The van der Waals surface area contributed by atoms with Crippen LogP contribution < -0.4 is 0 Å². The number of hydrogen-bond acceptors (Lipinski definition) is 2. The quantitative estimate of drug-likeness (QED) is 0.593. The number of halogens is 3. The molecule has 0 N–H and O–H groups in total. The molecule has 0 aliphatic heterocycles. The highest BCUT2D eigenvalue weighted by atomic mass is 127. The first-order valence-corrected chi connectivity index (χ1v) is 6.15. The number of alkyl halides is 1. The van der Waals surface area contributed by atoms with Crippen molar-refractivity contribution in [2.75, 3.05) is 0 Å². The molecule has 0 bridgehead atoms. The van der Waals surface area contributed by atoms with Gasteiger partial charge < -0.3 is 4.42 Å². The fourth-order valence-corrected chi connectivity index (χ4v) is 2.01. The minimum absolute atomic E-state index is 0.348. The van der Waals surface area contributed by atoms with Gasteiger partial charge in [-0.3, -0.25) is 0 Å². The second-order valence-corrected chi connectivity index (χ2v) is 4.77. The Morgan fingerprint density at radius 2 is 2.20 bits per heavy atom. The van der Waals surface area contributed by atoms with Crippen LogP contribution in [0.5, 0.6) is 0 Å². The largest absolute Gasteiger partial charge is 0.444 e. The summed E-state index contributed by atoms with van der Waals surface area (Å²) >= 11 is 13.8. The van der Waals surface area contributed by atoms with Crippen LogP contribution in [0.1, 0.15) is 5.69 Å². The number of benzene rings is 1. The molecule has 2 rings (SSSR count). The molecule has 2 nitrogen and oxygen atoms in total. The average Bonchev–Trinajstić information content (AvgIpc) is 2.70. The lowest BCUT2D eigenvalue weighted by Crippen LogP contribution is -1.84. The zero-order valence-electron chi connectivity index (χ0n) is 7.51. The van der Waals surface area contributed by atoms with Gasteiger partial charge in [-0.25, -0.2) is 4.98 Å². The zero-order valence-corrected chi connectivity index (χ0v) is 11.2. The molecule has 1 heterocycles. The summed E-state index contributed by atoms with van der Waals surface area (Å²) < 4.78 is 6.36. The van der Waals surface area contributed by atoms with Crippen LogP contribution in [0, 0.1) is 3.57 Å². The van der Waals surface area contributed by atoms with Crippen LogP contribution in [0.3, 0.4) is 0 Å². The van der Waals surface area contributed by atoms with Crippen molar-refractivity contribution in [1.29, 1.82) is 0 Å². The van der Waals surface area contributed by atoms with E-state index >= 15 is 0 Å². The molecule has 0 saturated carbocycles. The van der Waals surface area contributed by atoms with Crippen molar-refractivity contribution in [1.82, 2.24) is 4.98 Å². The van der Waals surface area contributed by atoms with Crippen molar-refractivity contribution in [3.05, 3.63) is 38.7 Å². The van der Waals surface area contributed by atoms with Crippen molar-refractivity contribution in [3.8, 4) is 11.5 Å². The second-order valence-electron chi connectivity index (χ2n) is 2.90. The molecule has 15 heavy (non-hydrogen) atoms. The van der Waals surface area contributed by atoms with Crippen LogP contribution in [-0.2, 0) is 5.88 Å². The standard InChI is InChI=1S/C10H6Cl2INO/c11-4-7-5-15-10(14-7)8-3-6(12)1-2-9(8)13/h1-3,5H,4H2. The van der Waals surface area contributed by atoms with E-state index in [1.807, 2.05) is 18.2 Å². The third-order valence-corrected chi connectivity index (χ3v) is 3.30. The van der Waals surface area contributed by atoms with Gasteiger partial charge in [0.1, 0.15) is 6.26 Å². The van der Waals surface area contributed by atoms with E-state index in [1.165, 1.54) is 0 Å². The predicted molar refractivity (Wildman–Crippen MR) is 69.2 cm³/mol. The van der Waals surface area contributed by atoms with E-state index in [1.54, 1.807) is 6.26 Å². The van der Waals surface area contributed by atoms with Gasteiger partial charge in [-0.15, -0.1) is 11.6 Å². The summed E-state index contributed by atoms with van der Waals surface area (Å²) in [4.78, 5) is 4.24. The van der Waals surface area contributed by atoms with Crippen molar-refractivity contribution in [3.63, 3.8) is 0 Å². The van der Waals surface area contributed by atoms with Crippen LogP contribution in [0.15, 0.2) is 28.9 Å². The molecule has 5 heteroatoms. The number of nitrogens with zero attached hydrogens (tertiary/aromatic N) is 1. The lowest BCUT2D eigenvalue weighted by atomic mass is 10.2. The van der Waals surface area contributed by atoms with Gasteiger partial charge in [0.2, 0.25) is 5.89 Å². The Balaban J connectivity index is 2.48. The van der Waals surface area contributed by atoms with Gasteiger partial charge >= 0.3 is 0 Å². The molecule has 1 aromatic heterocycles. The van der Waals surface area contributed by atoms with Crippen molar-refractivity contribution >= 4 is 45.8 Å². The first-order chi connectivity index (χ1) is 7.20. The van der Waals surface area contributed by atoms with Crippen LogP contribution in [0.4, 0.5) is 0 Å². The zero-order chi connectivity index (χ0) is 10.8. The van der Waals surface area contributed by atoms with Crippen molar-refractivity contribution in [2.45, 2.75) is 5.88 Å². The summed E-state index contributed by atoms with van der Waals surface area (Å²) in [5.41, 5.74) is 1.61. The Bertz CT molecular complexity index is 484. The Labute approximate surface area is 111 Å². The summed E-state index contributed by atoms with van der Waals surface area (Å²) in [6.45, 7) is 0. The lowest BCUT2D eigenvalue weighted by Gasteiger charge is -1.99. The molecule has 0 spiro atoms. The SMILES string of the molecule is ClCc1coc(-c2cc(Cl)ccc2I)n1. The normalized spacial score (nSPS) is 10.6. The number of oxazole rings is 1. The molecule has 1 aromatic carbocycles. The van der Waals surface area contributed by atoms with Crippen LogP contribution >= 0.6 is 45.8 Å². The molecule has 0 atom stereocenters. The molecule has 0 saturated heterocycles. The average molecular weight is 354 g/mol. The number of rotatable bonds is 2. The van der Waals surface area contributed by atoms with E-state index in [9.17, 15) is 0 Å². The minimum Gasteiger partial charge on any atom is -0.444 e. The summed E-state index contributed by atoms with van der Waals surface area (Å²) in [7, 11) is 0. The predicted octanol–water partition coefficient (Wildman–Crippen LogP) is 4.34. The molecular weight excluding hydrogens is 348 g/mol. The van der Waals surface area contributed by atoms with E-state index in [-0.39, 0.29) is 0 Å². The molecule has 0 aliphatic rings. The first kappa shape index (κ1) is 11.2. The topological polar surface area (TPSA) is 26.0 Å². The number of aromatic nitrogens is 1. The van der Waals surface area contributed by atoms with Gasteiger partial charge in [-0.1, -0.05) is 11.6 Å². The fraction of sp³-hybridized carbons (Fsp3) is 0.100.